The molecule has 1 aliphatic carbocycles. The first kappa shape index (κ1) is 21.0. The van der Waals surface area contributed by atoms with Crippen LogP contribution in [0.25, 0.3) is 16.5 Å². The Bertz CT molecular complexity index is 1250. The van der Waals surface area contributed by atoms with Crippen LogP contribution in [0.1, 0.15) is 37.3 Å². The van der Waals surface area contributed by atoms with Crippen LogP contribution in [0.5, 0.6) is 0 Å². The maximum atomic E-state index is 13.2. The summed E-state index contributed by atoms with van der Waals surface area (Å²) in [5, 5.41) is 1.94. The molecule has 4 nitrogen and oxygen atoms in total. The average molecular weight is 446 g/mol. The fraction of sp³-hybridized carbons (Fsp3) is 0.333. The number of aryl methyl sites for hydroxylation is 2. The van der Waals surface area contributed by atoms with Gasteiger partial charge in [-0.05, 0) is 85.7 Å². The van der Waals surface area contributed by atoms with E-state index >= 15 is 0 Å². The highest BCUT2D eigenvalue weighted by Crippen LogP contribution is 2.32. The van der Waals surface area contributed by atoms with Crippen molar-refractivity contribution in [1.82, 2.24) is 4.57 Å². The van der Waals surface area contributed by atoms with Crippen molar-refractivity contribution in [2.75, 3.05) is 18.0 Å². The predicted molar refractivity (Wildman–Crippen MR) is 134 cm³/mol. The topological polar surface area (TPSA) is 37.6 Å². The quantitative estimate of drug-likeness (QED) is 0.439. The van der Waals surface area contributed by atoms with Gasteiger partial charge < -0.3 is 9.47 Å². The van der Waals surface area contributed by atoms with Crippen LogP contribution < -0.4 is 4.90 Å². The molecule has 32 heavy (non-hydrogen) atoms. The van der Waals surface area contributed by atoms with E-state index < -0.39 is 0 Å². The number of aliphatic imine (C=N–C) groups is 1. The maximum Gasteiger partial charge on any atom is 0.235 e. The molecule has 0 N–H and O–H groups in total. The van der Waals surface area contributed by atoms with Gasteiger partial charge in [-0.1, -0.05) is 23.7 Å². The molecule has 5 heteroatoms. The summed E-state index contributed by atoms with van der Waals surface area (Å²) in [4.78, 5) is 19.9. The van der Waals surface area contributed by atoms with E-state index in [1.807, 2.05) is 37.2 Å². The molecule has 0 radical (unpaired) electrons. The number of carbonyl (C=O) groups excluding carboxylic acids is 1. The number of halogens is 1. The third-order valence-corrected chi connectivity index (χ3v) is 7.09. The first-order valence-corrected chi connectivity index (χ1v) is 11.7. The number of anilines is 1. The van der Waals surface area contributed by atoms with Gasteiger partial charge in [0.15, 0.2) is 0 Å². The van der Waals surface area contributed by atoms with Gasteiger partial charge in [-0.25, -0.2) is 0 Å². The van der Waals surface area contributed by atoms with Gasteiger partial charge in [0.1, 0.15) is 0 Å². The number of amides is 1. The molecule has 0 saturated carbocycles. The summed E-state index contributed by atoms with van der Waals surface area (Å²) in [5.41, 5.74) is 7.04. The average Bonchev–Trinajstić information content (AvgIpc) is 3.36. The van der Waals surface area contributed by atoms with Crippen LogP contribution in [0.15, 0.2) is 59.7 Å². The minimum absolute atomic E-state index is 0.122. The van der Waals surface area contributed by atoms with Gasteiger partial charge in [0.2, 0.25) is 5.91 Å². The molecule has 1 unspecified atom stereocenters. The van der Waals surface area contributed by atoms with Gasteiger partial charge in [-0.15, -0.1) is 0 Å². The van der Waals surface area contributed by atoms with Crippen molar-refractivity contribution in [1.29, 1.82) is 0 Å². The highest BCUT2D eigenvalue weighted by atomic mass is 35.5. The first-order chi connectivity index (χ1) is 15.5. The number of hydrogen-bond donors (Lipinski definition) is 0. The third-order valence-electron chi connectivity index (χ3n) is 6.85. The second kappa shape index (κ2) is 8.59. The highest BCUT2D eigenvalue weighted by molar-refractivity contribution is 6.30. The highest BCUT2D eigenvalue weighted by Gasteiger charge is 2.34. The standard InChI is InChI=1S/C27H28ClN3O/c1-18(29-13-10-20-5-3-4-19-6-7-22(28)17-25(19)20)24-12-15-31(27(24)32)23-8-9-26-21(16-23)11-14-30(26)2/h5-9,11,14,16-17,24H,3-4,10,12-13,15H2,1-2H3. The summed E-state index contributed by atoms with van der Waals surface area (Å²) in [7, 11) is 2.04. The minimum Gasteiger partial charge on any atom is -0.351 e. The lowest BCUT2D eigenvalue weighted by Crippen LogP contribution is -2.29. The molecule has 2 heterocycles. The fourth-order valence-electron chi connectivity index (χ4n) is 5.04. The Morgan fingerprint density at radius 3 is 2.94 bits per heavy atom. The summed E-state index contributed by atoms with van der Waals surface area (Å²) in [6, 6.07) is 14.5. The Labute approximate surface area is 194 Å². The van der Waals surface area contributed by atoms with Gasteiger partial charge in [-0.2, -0.15) is 0 Å². The Hall–Kier alpha value is -2.85. The lowest BCUT2D eigenvalue weighted by Gasteiger charge is -2.18. The maximum absolute atomic E-state index is 13.2. The van der Waals surface area contributed by atoms with E-state index in [0.717, 1.165) is 54.0 Å². The molecule has 1 atom stereocenters. The number of aromatic nitrogens is 1. The van der Waals surface area contributed by atoms with E-state index in [4.69, 9.17) is 16.6 Å². The Morgan fingerprint density at radius 2 is 2.06 bits per heavy atom. The van der Waals surface area contributed by atoms with E-state index in [9.17, 15) is 4.79 Å². The molecular weight excluding hydrogens is 418 g/mol. The third kappa shape index (κ3) is 3.88. The zero-order valence-corrected chi connectivity index (χ0v) is 19.4. The van der Waals surface area contributed by atoms with E-state index in [2.05, 4.69) is 41.0 Å². The fourth-order valence-corrected chi connectivity index (χ4v) is 5.21. The molecule has 1 saturated heterocycles. The van der Waals surface area contributed by atoms with E-state index in [0.29, 0.717) is 6.54 Å². The summed E-state index contributed by atoms with van der Waals surface area (Å²) in [6.45, 7) is 3.45. The molecule has 0 bridgehead atoms. The number of rotatable bonds is 5. The van der Waals surface area contributed by atoms with Crippen molar-refractivity contribution in [3.05, 3.63) is 70.9 Å². The van der Waals surface area contributed by atoms with Gasteiger partial charge in [0.25, 0.3) is 0 Å². The molecule has 164 valence electrons. The second-order valence-electron chi connectivity index (χ2n) is 8.84. The van der Waals surface area contributed by atoms with Crippen molar-refractivity contribution < 1.29 is 4.79 Å². The van der Waals surface area contributed by atoms with Gasteiger partial charge in [0.05, 0.1) is 5.92 Å². The van der Waals surface area contributed by atoms with Crippen LogP contribution in [0.2, 0.25) is 5.02 Å². The largest absolute Gasteiger partial charge is 0.351 e. The molecular formula is C27H28ClN3O. The van der Waals surface area contributed by atoms with Crippen molar-refractivity contribution in [3.63, 3.8) is 0 Å². The van der Waals surface area contributed by atoms with Crippen molar-refractivity contribution in [2.45, 2.75) is 32.6 Å². The van der Waals surface area contributed by atoms with Crippen LogP contribution >= 0.6 is 11.6 Å². The SMILES string of the molecule is CC(=NCCC1=CCCc2ccc(Cl)cc21)C1CCN(c2ccc3c(ccn3C)c2)C1=O. The number of fused-ring (bicyclic) bond motifs is 2. The Kier molecular flexibility index (Phi) is 5.64. The van der Waals surface area contributed by atoms with Gasteiger partial charge in [-0.3, -0.25) is 9.79 Å². The van der Waals surface area contributed by atoms with Gasteiger partial charge >= 0.3 is 0 Å². The molecule has 1 amide bonds. The molecule has 1 aromatic heterocycles. The molecule has 1 aliphatic heterocycles. The summed E-state index contributed by atoms with van der Waals surface area (Å²) >= 11 is 6.23. The van der Waals surface area contributed by atoms with Crippen molar-refractivity contribution in [2.24, 2.45) is 18.0 Å². The van der Waals surface area contributed by atoms with Crippen LogP contribution in [0.3, 0.4) is 0 Å². The molecule has 3 aromatic rings. The van der Waals surface area contributed by atoms with Gasteiger partial charge in [0, 0.05) is 53.7 Å². The zero-order valence-electron chi connectivity index (χ0n) is 18.6. The van der Waals surface area contributed by atoms with Crippen LogP contribution in [-0.2, 0) is 18.3 Å². The Morgan fingerprint density at radius 1 is 1.19 bits per heavy atom. The number of allylic oxidation sites excluding steroid dienone is 1. The molecule has 1 fully saturated rings. The monoisotopic (exact) mass is 445 g/mol. The van der Waals surface area contributed by atoms with Crippen LogP contribution in [0.4, 0.5) is 5.69 Å². The summed E-state index contributed by atoms with van der Waals surface area (Å²) in [6.07, 6.45) is 8.19. The van der Waals surface area contributed by atoms with E-state index in [1.165, 1.54) is 22.2 Å². The summed E-state index contributed by atoms with van der Waals surface area (Å²) in [5.74, 6) is 0.0408. The molecule has 0 spiro atoms. The zero-order chi connectivity index (χ0) is 22.2. The first-order valence-electron chi connectivity index (χ1n) is 11.4. The molecule has 2 aromatic carbocycles. The van der Waals surface area contributed by atoms with Crippen molar-refractivity contribution >= 4 is 45.4 Å². The van der Waals surface area contributed by atoms with Crippen LogP contribution in [-0.4, -0.2) is 29.3 Å². The Balaban J connectivity index is 1.26. The number of nitrogens with zero attached hydrogens (tertiary/aromatic N) is 3. The van der Waals surface area contributed by atoms with Crippen LogP contribution in [0, 0.1) is 5.92 Å². The second-order valence-corrected chi connectivity index (χ2v) is 9.28. The lowest BCUT2D eigenvalue weighted by atomic mass is 9.89. The number of hydrogen-bond acceptors (Lipinski definition) is 2. The van der Waals surface area contributed by atoms with Crippen molar-refractivity contribution in [3.8, 4) is 0 Å². The molecule has 5 rings (SSSR count). The van der Waals surface area contributed by atoms with E-state index in [1.54, 1.807) is 0 Å². The number of benzene rings is 2. The lowest BCUT2D eigenvalue weighted by molar-refractivity contribution is -0.118. The summed E-state index contributed by atoms with van der Waals surface area (Å²) < 4.78 is 2.10. The molecule has 2 aliphatic rings. The number of carbonyl (C=O) groups is 1. The normalized spacial score (nSPS) is 18.9. The predicted octanol–water partition coefficient (Wildman–Crippen LogP) is 6.07. The minimum atomic E-state index is -0.122. The van der Waals surface area contributed by atoms with E-state index in [-0.39, 0.29) is 11.8 Å². The smallest absolute Gasteiger partial charge is 0.235 e.